The molecule has 3 nitrogen and oxygen atoms in total. The number of hydrazine groups is 1. The number of benzene rings is 1. The van der Waals surface area contributed by atoms with E-state index in [1.165, 1.54) is 5.56 Å². The van der Waals surface area contributed by atoms with Gasteiger partial charge in [0, 0.05) is 6.42 Å². The standard InChI is InChI=1S/C7H8.C3H8N2O/c1-7-5-3-2-4-6-7;1-2-3(6)5-4/h2-6H,1H3;2,4H2,1H3,(H,5,6). The Morgan fingerprint density at radius 3 is 2.08 bits per heavy atom. The highest BCUT2D eigenvalue weighted by Gasteiger charge is 1.85. The maximum absolute atomic E-state index is 9.94. The van der Waals surface area contributed by atoms with Crippen molar-refractivity contribution in [2.24, 2.45) is 5.84 Å². The van der Waals surface area contributed by atoms with Gasteiger partial charge in [-0.3, -0.25) is 10.2 Å². The Hall–Kier alpha value is -1.35. The van der Waals surface area contributed by atoms with Crippen LogP contribution in [-0.4, -0.2) is 5.91 Å². The molecule has 1 rings (SSSR count). The Morgan fingerprint density at radius 1 is 1.38 bits per heavy atom. The van der Waals surface area contributed by atoms with Crippen molar-refractivity contribution in [3.05, 3.63) is 35.9 Å². The third kappa shape index (κ3) is 7.03. The quantitative estimate of drug-likeness (QED) is 0.390. The molecule has 1 aromatic carbocycles. The minimum Gasteiger partial charge on any atom is -0.294 e. The molecule has 0 aromatic heterocycles. The van der Waals surface area contributed by atoms with Gasteiger partial charge in [-0.05, 0) is 6.92 Å². The summed E-state index contributed by atoms with van der Waals surface area (Å²) in [5.74, 6) is 4.55. The molecular formula is C10H16N2O. The summed E-state index contributed by atoms with van der Waals surface area (Å²) >= 11 is 0. The summed E-state index contributed by atoms with van der Waals surface area (Å²) in [6, 6.07) is 10.3. The van der Waals surface area contributed by atoms with E-state index in [1.807, 2.05) is 23.6 Å². The SMILES string of the molecule is CCC(=O)NN.Cc1ccccc1. The van der Waals surface area contributed by atoms with Crippen LogP contribution in [-0.2, 0) is 4.79 Å². The third-order valence-corrected chi connectivity index (χ3v) is 1.42. The van der Waals surface area contributed by atoms with Crippen LogP contribution in [0.25, 0.3) is 0 Å². The zero-order valence-corrected chi connectivity index (χ0v) is 8.08. The van der Waals surface area contributed by atoms with E-state index < -0.39 is 0 Å². The average molecular weight is 180 g/mol. The lowest BCUT2D eigenvalue weighted by atomic mass is 10.2. The summed E-state index contributed by atoms with van der Waals surface area (Å²) in [7, 11) is 0. The number of carbonyl (C=O) groups excluding carboxylic acids is 1. The number of hydrogen-bond acceptors (Lipinski definition) is 2. The van der Waals surface area contributed by atoms with Crippen molar-refractivity contribution in [3.8, 4) is 0 Å². The van der Waals surface area contributed by atoms with Crippen molar-refractivity contribution in [1.29, 1.82) is 0 Å². The van der Waals surface area contributed by atoms with E-state index in [9.17, 15) is 4.79 Å². The monoisotopic (exact) mass is 180 g/mol. The molecule has 0 spiro atoms. The molecule has 0 radical (unpaired) electrons. The molecular weight excluding hydrogens is 164 g/mol. The fourth-order valence-corrected chi connectivity index (χ4v) is 0.636. The molecule has 0 saturated heterocycles. The molecule has 1 amide bonds. The summed E-state index contributed by atoms with van der Waals surface area (Å²) in [5.41, 5.74) is 3.30. The van der Waals surface area contributed by atoms with E-state index in [0.717, 1.165) is 0 Å². The molecule has 72 valence electrons. The second-order valence-electron chi connectivity index (χ2n) is 2.58. The van der Waals surface area contributed by atoms with Gasteiger partial charge in [0.05, 0.1) is 0 Å². The minimum atomic E-state index is -0.130. The van der Waals surface area contributed by atoms with Gasteiger partial charge in [0.1, 0.15) is 0 Å². The molecule has 0 unspecified atom stereocenters. The highest BCUT2D eigenvalue weighted by Crippen LogP contribution is 1.92. The van der Waals surface area contributed by atoms with E-state index in [2.05, 4.69) is 24.9 Å². The number of aryl methyl sites for hydroxylation is 1. The third-order valence-electron chi connectivity index (χ3n) is 1.42. The van der Waals surface area contributed by atoms with Gasteiger partial charge in [-0.2, -0.15) is 0 Å². The topological polar surface area (TPSA) is 55.1 Å². The Labute approximate surface area is 78.9 Å². The number of amides is 1. The van der Waals surface area contributed by atoms with Crippen molar-refractivity contribution in [2.45, 2.75) is 20.3 Å². The van der Waals surface area contributed by atoms with Gasteiger partial charge in [0.2, 0.25) is 5.91 Å². The molecule has 1 aromatic rings. The summed E-state index contributed by atoms with van der Waals surface area (Å²) in [6.07, 6.45) is 0.455. The molecule has 0 aliphatic heterocycles. The largest absolute Gasteiger partial charge is 0.294 e. The van der Waals surface area contributed by atoms with Crippen LogP contribution in [0.5, 0.6) is 0 Å². The zero-order valence-electron chi connectivity index (χ0n) is 8.08. The Morgan fingerprint density at radius 2 is 1.92 bits per heavy atom. The number of nitrogens with two attached hydrogens (primary N) is 1. The van der Waals surface area contributed by atoms with Gasteiger partial charge in [0.25, 0.3) is 0 Å². The fourth-order valence-electron chi connectivity index (χ4n) is 0.636. The molecule has 0 bridgehead atoms. The number of rotatable bonds is 1. The fraction of sp³-hybridized carbons (Fsp3) is 0.300. The molecule has 0 aliphatic carbocycles. The maximum Gasteiger partial charge on any atom is 0.233 e. The Kier molecular flexibility index (Phi) is 6.55. The lowest BCUT2D eigenvalue weighted by molar-refractivity contribution is -0.120. The van der Waals surface area contributed by atoms with Crippen molar-refractivity contribution < 1.29 is 4.79 Å². The van der Waals surface area contributed by atoms with E-state index in [0.29, 0.717) is 6.42 Å². The summed E-state index contributed by atoms with van der Waals surface area (Å²) < 4.78 is 0. The van der Waals surface area contributed by atoms with Crippen molar-refractivity contribution in [2.75, 3.05) is 0 Å². The maximum atomic E-state index is 9.94. The molecule has 0 fully saturated rings. The second kappa shape index (κ2) is 7.31. The van der Waals surface area contributed by atoms with Crippen LogP contribution in [0.2, 0.25) is 0 Å². The van der Waals surface area contributed by atoms with Gasteiger partial charge in [-0.1, -0.05) is 42.8 Å². The molecule has 0 saturated carbocycles. The van der Waals surface area contributed by atoms with Crippen LogP contribution in [0.1, 0.15) is 18.9 Å². The second-order valence-corrected chi connectivity index (χ2v) is 2.58. The predicted octanol–water partition coefficient (Wildman–Crippen LogP) is 1.38. The summed E-state index contributed by atoms with van der Waals surface area (Å²) in [4.78, 5) is 9.94. The van der Waals surface area contributed by atoms with Gasteiger partial charge < -0.3 is 0 Å². The van der Waals surface area contributed by atoms with Crippen LogP contribution in [0.15, 0.2) is 30.3 Å². The van der Waals surface area contributed by atoms with Gasteiger partial charge >= 0.3 is 0 Å². The first-order valence-electron chi connectivity index (χ1n) is 4.21. The summed E-state index contributed by atoms with van der Waals surface area (Å²) in [6.45, 7) is 3.82. The number of carbonyl (C=O) groups is 1. The first kappa shape index (κ1) is 11.6. The first-order chi connectivity index (χ1) is 6.20. The van der Waals surface area contributed by atoms with Gasteiger partial charge in [-0.15, -0.1) is 0 Å². The minimum absolute atomic E-state index is 0.130. The first-order valence-corrected chi connectivity index (χ1v) is 4.21. The zero-order chi connectivity index (χ0) is 10.1. The van der Waals surface area contributed by atoms with Gasteiger partial charge in [-0.25, -0.2) is 5.84 Å². The van der Waals surface area contributed by atoms with E-state index in [4.69, 9.17) is 0 Å². The lowest BCUT2D eigenvalue weighted by Gasteiger charge is -1.87. The van der Waals surface area contributed by atoms with Crippen LogP contribution in [0.3, 0.4) is 0 Å². The van der Waals surface area contributed by atoms with Crippen molar-refractivity contribution in [3.63, 3.8) is 0 Å². The predicted molar refractivity (Wildman–Crippen MR) is 53.8 cm³/mol. The highest BCUT2D eigenvalue weighted by atomic mass is 16.2. The molecule has 3 N–H and O–H groups in total. The molecule has 0 aliphatic rings. The van der Waals surface area contributed by atoms with Gasteiger partial charge in [0.15, 0.2) is 0 Å². The Balaban J connectivity index is 0.000000226. The van der Waals surface area contributed by atoms with E-state index in [-0.39, 0.29) is 5.91 Å². The van der Waals surface area contributed by atoms with Crippen molar-refractivity contribution in [1.82, 2.24) is 5.43 Å². The smallest absolute Gasteiger partial charge is 0.233 e. The molecule has 0 atom stereocenters. The average Bonchev–Trinajstić information content (AvgIpc) is 2.19. The Bertz CT molecular complexity index is 228. The molecule has 0 heterocycles. The molecule has 3 heteroatoms. The van der Waals surface area contributed by atoms with Crippen LogP contribution >= 0.6 is 0 Å². The van der Waals surface area contributed by atoms with Crippen LogP contribution in [0.4, 0.5) is 0 Å². The normalized spacial score (nSPS) is 8.23. The van der Waals surface area contributed by atoms with Crippen molar-refractivity contribution >= 4 is 5.91 Å². The van der Waals surface area contributed by atoms with E-state index in [1.54, 1.807) is 6.92 Å². The van der Waals surface area contributed by atoms with Crippen LogP contribution < -0.4 is 11.3 Å². The lowest BCUT2D eigenvalue weighted by Crippen LogP contribution is -2.28. The van der Waals surface area contributed by atoms with E-state index >= 15 is 0 Å². The molecule has 13 heavy (non-hydrogen) atoms. The van der Waals surface area contributed by atoms with Crippen LogP contribution in [0, 0.1) is 6.92 Å². The number of hydrogen-bond donors (Lipinski definition) is 2. The highest BCUT2D eigenvalue weighted by molar-refractivity contribution is 5.74. The summed E-state index contributed by atoms with van der Waals surface area (Å²) in [5, 5.41) is 0. The number of nitrogens with one attached hydrogen (secondary N) is 1.